The van der Waals surface area contributed by atoms with E-state index < -0.39 is 0 Å². The van der Waals surface area contributed by atoms with Crippen molar-refractivity contribution >= 4 is 34.6 Å². The molecule has 1 saturated heterocycles. The summed E-state index contributed by atoms with van der Waals surface area (Å²) in [5.41, 5.74) is 3.24. The summed E-state index contributed by atoms with van der Waals surface area (Å²) in [4.78, 5) is 30.4. The molecule has 0 aliphatic carbocycles. The van der Waals surface area contributed by atoms with Gasteiger partial charge in [0, 0.05) is 44.1 Å². The van der Waals surface area contributed by atoms with Gasteiger partial charge in [-0.2, -0.15) is 4.98 Å². The first-order valence-electron chi connectivity index (χ1n) is 13.2. The number of ether oxygens (including phenoxy) is 2. The minimum absolute atomic E-state index is 0.295. The molecule has 0 radical (unpaired) electrons. The van der Waals surface area contributed by atoms with Gasteiger partial charge in [-0.3, -0.25) is 4.79 Å². The lowest BCUT2D eigenvalue weighted by Crippen LogP contribution is -2.46. The average Bonchev–Trinajstić information content (AvgIpc) is 2.98. The van der Waals surface area contributed by atoms with E-state index in [1.807, 2.05) is 24.3 Å². The fourth-order valence-corrected chi connectivity index (χ4v) is 4.51. The van der Waals surface area contributed by atoms with E-state index in [1.165, 1.54) is 6.08 Å². The van der Waals surface area contributed by atoms with E-state index in [0.29, 0.717) is 36.5 Å². The molecule has 2 aromatic heterocycles. The van der Waals surface area contributed by atoms with Crippen LogP contribution in [0.3, 0.4) is 0 Å². The fraction of sp³-hybridized carbons (Fsp3) is 0.310. The predicted molar refractivity (Wildman–Crippen MR) is 153 cm³/mol. The summed E-state index contributed by atoms with van der Waals surface area (Å²) in [6.45, 7) is 12.0. The van der Waals surface area contributed by atoms with Gasteiger partial charge in [-0.25, -0.2) is 9.97 Å². The maximum absolute atomic E-state index is 11.7. The minimum Gasteiger partial charge on any atom is -0.438 e. The molecule has 39 heavy (non-hydrogen) atoms. The van der Waals surface area contributed by atoms with E-state index in [0.717, 1.165) is 61.8 Å². The van der Waals surface area contributed by atoms with Crippen LogP contribution in [-0.2, 0) is 9.53 Å². The third-order valence-electron chi connectivity index (χ3n) is 6.71. The number of nitrogens with zero attached hydrogens (tertiary/aromatic N) is 5. The van der Waals surface area contributed by atoms with Crippen LogP contribution < -0.4 is 20.3 Å². The molecule has 2 N–H and O–H groups in total. The second-order valence-corrected chi connectivity index (χ2v) is 9.24. The van der Waals surface area contributed by atoms with Crippen molar-refractivity contribution < 1.29 is 14.3 Å². The Morgan fingerprint density at radius 1 is 1.13 bits per heavy atom. The van der Waals surface area contributed by atoms with Crippen LogP contribution in [0, 0.1) is 0 Å². The molecule has 0 atom stereocenters. The van der Waals surface area contributed by atoms with Crippen LogP contribution in [0.5, 0.6) is 11.6 Å². The number of hydrogen-bond acceptors (Lipinski definition) is 9. The highest BCUT2D eigenvalue weighted by Gasteiger charge is 2.18. The molecule has 2 aliphatic rings. The standard InChI is InChI=1S/C29H33N7O3/c1-3-27(37)32-22-6-5-7-24(18-22)39-28-25(21-10-16-38-17-11-21)20-31-29(34-28)33-23-8-9-26(30-19-23)36-14-12-35(4-2)13-15-36/h3,5-10,18-20H,1,4,11-17H2,2H3,(H,32,37)(H,31,33,34). The first-order valence-corrected chi connectivity index (χ1v) is 13.2. The summed E-state index contributed by atoms with van der Waals surface area (Å²) in [5.74, 6) is 2.00. The van der Waals surface area contributed by atoms with Gasteiger partial charge in [0.05, 0.1) is 30.7 Å². The molecule has 1 fully saturated rings. The summed E-state index contributed by atoms with van der Waals surface area (Å²) in [6, 6.07) is 11.1. The molecule has 10 nitrogen and oxygen atoms in total. The summed E-state index contributed by atoms with van der Waals surface area (Å²) >= 11 is 0. The van der Waals surface area contributed by atoms with Gasteiger partial charge in [0.25, 0.3) is 0 Å². The summed E-state index contributed by atoms with van der Waals surface area (Å²) in [5, 5.41) is 6.00. The van der Waals surface area contributed by atoms with Crippen LogP contribution in [-0.4, -0.2) is 71.7 Å². The topological polar surface area (TPSA) is 105 Å². The SMILES string of the molecule is C=CC(=O)Nc1cccc(Oc2nc(Nc3ccc(N4CCN(CC)CC4)nc3)ncc2C2=CCOCC2)c1. The van der Waals surface area contributed by atoms with Crippen molar-refractivity contribution in [2.75, 3.05) is 61.5 Å². The number of likely N-dealkylation sites (N-methyl/N-ethyl adjacent to an activating group) is 1. The molecule has 5 rings (SSSR count). The Hall–Kier alpha value is -4.28. The number of aromatic nitrogens is 3. The van der Waals surface area contributed by atoms with E-state index in [1.54, 1.807) is 30.6 Å². The second kappa shape index (κ2) is 12.5. The zero-order valence-corrected chi connectivity index (χ0v) is 22.1. The van der Waals surface area contributed by atoms with Crippen molar-refractivity contribution in [2.24, 2.45) is 0 Å². The molecule has 0 saturated carbocycles. The number of anilines is 4. The Kier molecular flexibility index (Phi) is 8.45. The van der Waals surface area contributed by atoms with Crippen molar-refractivity contribution in [3.05, 3.63) is 73.1 Å². The molecule has 2 aliphatic heterocycles. The third-order valence-corrected chi connectivity index (χ3v) is 6.71. The molecule has 0 spiro atoms. The summed E-state index contributed by atoms with van der Waals surface area (Å²) in [6.07, 6.45) is 7.54. The van der Waals surface area contributed by atoms with E-state index in [2.05, 4.69) is 43.9 Å². The van der Waals surface area contributed by atoms with Crippen LogP contribution in [0.2, 0.25) is 0 Å². The van der Waals surface area contributed by atoms with E-state index >= 15 is 0 Å². The Labute approximate surface area is 228 Å². The van der Waals surface area contributed by atoms with Gasteiger partial charge in [0.15, 0.2) is 0 Å². The molecule has 4 heterocycles. The molecule has 0 bridgehead atoms. The molecule has 1 aromatic carbocycles. The fourth-order valence-electron chi connectivity index (χ4n) is 4.51. The monoisotopic (exact) mass is 527 g/mol. The first-order chi connectivity index (χ1) is 19.1. The largest absolute Gasteiger partial charge is 0.438 e. The molecule has 202 valence electrons. The van der Waals surface area contributed by atoms with Crippen molar-refractivity contribution in [2.45, 2.75) is 13.3 Å². The average molecular weight is 528 g/mol. The zero-order chi connectivity index (χ0) is 27.0. The number of carbonyl (C=O) groups is 1. The quantitative estimate of drug-likeness (QED) is 0.390. The minimum atomic E-state index is -0.295. The second-order valence-electron chi connectivity index (χ2n) is 9.24. The van der Waals surface area contributed by atoms with Crippen LogP contribution in [0.4, 0.5) is 23.1 Å². The van der Waals surface area contributed by atoms with E-state index in [4.69, 9.17) is 14.5 Å². The number of piperazine rings is 1. The van der Waals surface area contributed by atoms with Gasteiger partial charge >= 0.3 is 0 Å². The number of amides is 1. The van der Waals surface area contributed by atoms with Crippen molar-refractivity contribution in [3.63, 3.8) is 0 Å². The van der Waals surface area contributed by atoms with Crippen molar-refractivity contribution in [1.29, 1.82) is 0 Å². The van der Waals surface area contributed by atoms with Gasteiger partial charge in [-0.15, -0.1) is 0 Å². The predicted octanol–water partition coefficient (Wildman–Crippen LogP) is 4.48. The van der Waals surface area contributed by atoms with Gasteiger partial charge in [-0.05, 0) is 48.9 Å². The normalized spacial score (nSPS) is 15.8. The van der Waals surface area contributed by atoms with Crippen molar-refractivity contribution in [1.82, 2.24) is 19.9 Å². The van der Waals surface area contributed by atoms with E-state index in [-0.39, 0.29) is 5.91 Å². The van der Waals surface area contributed by atoms with E-state index in [9.17, 15) is 4.79 Å². The molecular weight excluding hydrogens is 494 g/mol. The number of carbonyl (C=O) groups excluding carboxylic acids is 1. The number of benzene rings is 1. The molecule has 3 aromatic rings. The maximum atomic E-state index is 11.7. The van der Waals surface area contributed by atoms with Gasteiger partial charge < -0.3 is 29.9 Å². The molecule has 10 heteroatoms. The zero-order valence-electron chi connectivity index (χ0n) is 22.1. The van der Waals surface area contributed by atoms with Crippen LogP contribution >= 0.6 is 0 Å². The number of hydrogen-bond donors (Lipinski definition) is 2. The Bertz CT molecular complexity index is 1330. The lowest BCUT2D eigenvalue weighted by Gasteiger charge is -2.34. The van der Waals surface area contributed by atoms with Crippen molar-refractivity contribution in [3.8, 4) is 11.6 Å². The Balaban J connectivity index is 1.35. The highest BCUT2D eigenvalue weighted by Crippen LogP contribution is 2.33. The first kappa shape index (κ1) is 26.3. The van der Waals surface area contributed by atoms with Crippen LogP contribution in [0.15, 0.2) is 67.5 Å². The third kappa shape index (κ3) is 6.78. The smallest absolute Gasteiger partial charge is 0.247 e. The highest BCUT2D eigenvalue weighted by molar-refractivity contribution is 5.98. The maximum Gasteiger partial charge on any atom is 0.247 e. The summed E-state index contributed by atoms with van der Waals surface area (Å²) < 4.78 is 11.7. The van der Waals surface area contributed by atoms with Gasteiger partial charge in [-0.1, -0.05) is 25.6 Å². The lowest BCUT2D eigenvalue weighted by molar-refractivity contribution is -0.111. The molecule has 1 amide bonds. The molecule has 0 unspecified atom stereocenters. The highest BCUT2D eigenvalue weighted by atomic mass is 16.5. The Morgan fingerprint density at radius 2 is 2.00 bits per heavy atom. The van der Waals surface area contributed by atoms with Gasteiger partial charge in [0.2, 0.25) is 17.7 Å². The number of rotatable bonds is 9. The number of pyridine rings is 1. The van der Waals surface area contributed by atoms with Crippen LogP contribution in [0.1, 0.15) is 18.9 Å². The number of nitrogens with one attached hydrogen (secondary N) is 2. The van der Waals surface area contributed by atoms with Gasteiger partial charge in [0.1, 0.15) is 11.6 Å². The molecular formula is C29H33N7O3. The van der Waals surface area contributed by atoms with Crippen LogP contribution in [0.25, 0.3) is 5.57 Å². The summed E-state index contributed by atoms with van der Waals surface area (Å²) in [7, 11) is 0. The lowest BCUT2D eigenvalue weighted by atomic mass is 10.0. The Morgan fingerprint density at radius 3 is 2.72 bits per heavy atom.